The molecule has 0 aromatic heterocycles. The summed E-state index contributed by atoms with van der Waals surface area (Å²) in [5.41, 5.74) is 3.30. The van der Waals surface area contributed by atoms with Crippen LogP contribution < -0.4 is 16.0 Å². The maximum Gasteiger partial charge on any atom is 0.251 e. The van der Waals surface area contributed by atoms with E-state index in [-0.39, 0.29) is 23.9 Å². The van der Waals surface area contributed by atoms with E-state index >= 15 is 0 Å². The van der Waals surface area contributed by atoms with Gasteiger partial charge in [-0.1, -0.05) is 68.3 Å². The van der Waals surface area contributed by atoms with Crippen molar-refractivity contribution in [1.29, 1.82) is 0 Å². The van der Waals surface area contributed by atoms with Crippen molar-refractivity contribution in [3.8, 4) is 0 Å². The van der Waals surface area contributed by atoms with Gasteiger partial charge in [0.25, 0.3) is 5.91 Å². The molecular weight excluding hydrogens is 544 g/mol. The zero-order chi connectivity index (χ0) is 29.5. The predicted molar refractivity (Wildman–Crippen MR) is 172 cm³/mol. The zero-order valence-electron chi connectivity index (χ0n) is 25.0. The van der Waals surface area contributed by atoms with Gasteiger partial charge in [-0.3, -0.25) is 9.59 Å². The molecule has 5 rings (SSSR count). The molecular formula is C35H45ClN4O2. The maximum absolute atomic E-state index is 14.1. The standard InChI is InChI=1S/C35H45ClN4O2/c1-3-5-24-6-8-26(9-7-24)25(4-2)23-40-19-16-32(39-33(35(40)42)27-14-17-37-18-15-27)22-38-34(41)30-11-10-29-21-31(36)13-12-28(29)20-30/h6-13,20-21,25,27,32-33,37,39H,3-5,14-19,22-23H2,1-2H3,(H,38,41). The van der Waals surface area contributed by atoms with Crippen molar-refractivity contribution in [2.45, 2.75) is 70.4 Å². The summed E-state index contributed by atoms with van der Waals surface area (Å²) in [6, 6.07) is 20.2. The van der Waals surface area contributed by atoms with Crippen LogP contribution in [0.15, 0.2) is 60.7 Å². The second-order valence-electron chi connectivity index (χ2n) is 12.0. The SMILES string of the molecule is CCCc1ccc(C(CC)CN2CCC(CNC(=O)c3ccc4cc(Cl)ccc4c3)NC(C3CCNCC3)C2=O)cc1. The third kappa shape index (κ3) is 7.52. The van der Waals surface area contributed by atoms with Crippen LogP contribution in [-0.4, -0.2) is 61.5 Å². The number of nitrogens with one attached hydrogen (secondary N) is 3. The normalized spacial score (nSPS) is 20.8. The molecule has 3 aromatic rings. The summed E-state index contributed by atoms with van der Waals surface area (Å²) >= 11 is 6.12. The third-order valence-electron chi connectivity index (χ3n) is 9.09. The monoisotopic (exact) mass is 588 g/mol. The highest BCUT2D eigenvalue weighted by Crippen LogP contribution is 2.26. The molecule has 2 saturated heterocycles. The van der Waals surface area contributed by atoms with Gasteiger partial charge in [0.1, 0.15) is 0 Å². The van der Waals surface area contributed by atoms with Crippen molar-refractivity contribution in [2.75, 3.05) is 32.7 Å². The molecule has 42 heavy (non-hydrogen) atoms. The Labute approximate surface area is 255 Å². The molecule has 0 spiro atoms. The molecule has 2 fully saturated rings. The molecule has 0 saturated carbocycles. The Hall–Kier alpha value is -2.93. The highest BCUT2D eigenvalue weighted by atomic mass is 35.5. The summed E-state index contributed by atoms with van der Waals surface area (Å²) in [6.45, 7) is 8.20. The number of carbonyl (C=O) groups excluding carboxylic acids is 2. The average Bonchev–Trinajstić information content (AvgIpc) is 3.17. The minimum atomic E-state index is -0.230. The smallest absolute Gasteiger partial charge is 0.251 e. The summed E-state index contributed by atoms with van der Waals surface area (Å²) in [5.74, 6) is 0.706. The fourth-order valence-electron chi connectivity index (χ4n) is 6.54. The molecule has 6 nitrogen and oxygen atoms in total. The van der Waals surface area contributed by atoms with Gasteiger partial charge in [-0.05, 0) is 97.3 Å². The van der Waals surface area contributed by atoms with Crippen molar-refractivity contribution in [1.82, 2.24) is 20.9 Å². The minimum Gasteiger partial charge on any atom is -0.350 e. The second-order valence-corrected chi connectivity index (χ2v) is 12.5. The first-order valence-electron chi connectivity index (χ1n) is 15.8. The second kappa shape index (κ2) is 14.5. The molecule has 2 aliphatic rings. The number of carbonyl (C=O) groups is 2. The fourth-order valence-corrected chi connectivity index (χ4v) is 6.72. The van der Waals surface area contributed by atoms with Crippen molar-refractivity contribution in [3.05, 3.63) is 82.4 Å². The van der Waals surface area contributed by atoms with E-state index in [0.29, 0.717) is 35.5 Å². The van der Waals surface area contributed by atoms with Crippen molar-refractivity contribution < 1.29 is 9.59 Å². The van der Waals surface area contributed by atoms with E-state index < -0.39 is 0 Å². The number of rotatable bonds is 10. The molecule has 0 bridgehead atoms. The van der Waals surface area contributed by atoms with E-state index in [4.69, 9.17) is 11.6 Å². The predicted octanol–water partition coefficient (Wildman–Crippen LogP) is 5.93. The molecule has 3 aromatic carbocycles. The highest BCUT2D eigenvalue weighted by Gasteiger charge is 2.37. The number of fused-ring (bicyclic) bond motifs is 1. The number of halogens is 1. The van der Waals surface area contributed by atoms with E-state index in [1.807, 2.05) is 36.4 Å². The first-order chi connectivity index (χ1) is 20.4. The molecule has 2 aliphatic heterocycles. The van der Waals surface area contributed by atoms with E-state index in [1.54, 1.807) is 0 Å². The third-order valence-corrected chi connectivity index (χ3v) is 9.33. The Balaban J connectivity index is 1.27. The summed E-state index contributed by atoms with van der Waals surface area (Å²) in [5, 5.41) is 13.0. The zero-order valence-corrected chi connectivity index (χ0v) is 25.8. The summed E-state index contributed by atoms with van der Waals surface area (Å²) in [7, 11) is 0. The number of benzene rings is 3. The Kier molecular flexibility index (Phi) is 10.5. The molecule has 224 valence electrons. The molecule has 0 aliphatic carbocycles. The molecule has 3 N–H and O–H groups in total. The number of hydrogen-bond acceptors (Lipinski definition) is 4. The first-order valence-corrected chi connectivity index (χ1v) is 16.1. The lowest BCUT2D eigenvalue weighted by Gasteiger charge is -2.34. The van der Waals surface area contributed by atoms with Crippen LogP contribution in [0.4, 0.5) is 0 Å². The number of nitrogens with zero attached hydrogens (tertiary/aromatic N) is 1. The minimum absolute atomic E-state index is 0.0236. The van der Waals surface area contributed by atoms with Crippen LogP contribution in [0.5, 0.6) is 0 Å². The number of piperidine rings is 1. The van der Waals surface area contributed by atoms with Crippen LogP contribution in [0.3, 0.4) is 0 Å². The van der Waals surface area contributed by atoms with E-state index in [1.165, 1.54) is 11.1 Å². The molecule has 3 unspecified atom stereocenters. The van der Waals surface area contributed by atoms with Crippen LogP contribution >= 0.6 is 11.6 Å². The van der Waals surface area contributed by atoms with Gasteiger partial charge in [-0.15, -0.1) is 0 Å². The number of hydrogen-bond donors (Lipinski definition) is 3. The van der Waals surface area contributed by atoms with Gasteiger partial charge < -0.3 is 20.9 Å². The van der Waals surface area contributed by atoms with E-state index in [2.05, 4.69) is 59.0 Å². The molecule has 3 atom stereocenters. The average molecular weight is 589 g/mol. The lowest BCUT2D eigenvalue weighted by Crippen LogP contribution is -2.54. The summed E-state index contributed by atoms with van der Waals surface area (Å²) in [4.78, 5) is 29.3. The summed E-state index contributed by atoms with van der Waals surface area (Å²) < 4.78 is 0. The van der Waals surface area contributed by atoms with E-state index in [9.17, 15) is 9.59 Å². The van der Waals surface area contributed by atoms with Crippen LogP contribution in [0.25, 0.3) is 10.8 Å². The largest absolute Gasteiger partial charge is 0.350 e. The fraction of sp³-hybridized carbons (Fsp3) is 0.486. The van der Waals surface area contributed by atoms with Gasteiger partial charge in [0.05, 0.1) is 6.04 Å². The lowest BCUT2D eigenvalue weighted by molar-refractivity contribution is -0.134. The molecule has 2 heterocycles. The Bertz CT molecular complexity index is 1350. The van der Waals surface area contributed by atoms with Gasteiger partial charge in [-0.25, -0.2) is 0 Å². The topological polar surface area (TPSA) is 73.5 Å². The first kappa shape index (κ1) is 30.5. The van der Waals surface area contributed by atoms with Crippen molar-refractivity contribution in [2.24, 2.45) is 5.92 Å². The maximum atomic E-state index is 14.1. The molecule has 2 amide bonds. The quantitative estimate of drug-likeness (QED) is 0.275. The number of amides is 2. The molecule has 7 heteroatoms. The Morgan fingerprint density at radius 1 is 1.00 bits per heavy atom. The van der Waals surface area contributed by atoms with Gasteiger partial charge in [-0.2, -0.15) is 0 Å². The highest BCUT2D eigenvalue weighted by molar-refractivity contribution is 6.31. The van der Waals surface area contributed by atoms with Crippen LogP contribution in [0, 0.1) is 5.92 Å². The Morgan fingerprint density at radius 2 is 1.74 bits per heavy atom. The van der Waals surface area contributed by atoms with E-state index in [0.717, 1.165) is 68.9 Å². The van der Waals surface area contributed by atoms with Crippen LogP contribution in [0.1, 0.15) is 73.4 Å². The molecule has 0 radical (unpaired) electrons. The van der Waals surface area contributed by atoms with Gasteiger partial charge in [0, 0.05) is 42.2 Å². The number of aryl methyl sites for hydroxylation is 1. The van der Waals surface area contributed by atoms with Crippen LogP contribution in [-0.2, 0) is 11.2 Å². The van der Waals surface area contributed by atoms with Gasteiger partial charge >= 0.3 is 0 Å². The lowest BCUT2D eigenvalue weighted by atomic mass is 9.88. The van der Waals surface area contributed by atoms with Crippen LogP contribution in [0.2, 0.25) is 5.02 Å². The van der Waals surface area contributed by atoms with Crippen molar-refractivity contribution in [3.63, 3.8) is 0 Å². The van der Waals surface area contributed by atoms with Gasteiger partial charge in [0.2, 0.25) is 5.91 Å². The summed E-state index contributed by atoms with van der Waals surface area (Å²) in [6.07, 6.45) is 5.98. The van der Waals surface area contributed by atoms with Crippen molar-refractivity contribution >= 4 is 34.2 Å². The van der Waals surface area contributed by atoms with Gasteiger partial charge in [0.15, 0.2) is 0 Å². The Morgan fingerprint density at radius 3 is 2.48 bits per heavy atom.